The Hall–Kier alpha value is -1.40. The number of fused-ring (bicyclic) bond motifs is 2. The molecule has 2 fully saturated rings. The van der Waals surface area contributed by atoms with E-state index >= 15 is 0 Å². The summed E-state index contributed by atoms with van der Waals surface area (Å²) in [5.74, 6) is 0.720. The highest BCUT2D eigenvalue weighted by Crippen LogP contribution is 2.39. The SMILES string of the molecule is NC1CC2CCCC(C1)C2NC(=O)CNC(=O)c1cccs1. The van der Waals surface area contributed by atoms with E-state index in [0.29, 0.717) is 16.7 Å². The van der Waals surface area contributed by atoms with Crippen LogP contribution in [0.3, 0.4) is 0 Å². The second-order valence-electron chi connectivity index (χ2n) is 6.44. The first-order valence-electron chi connectivity index (χ1n) is 8.00. The molecule has 5 nitrogen and oxygen atoms in total. The van der Waals surface area contributed by atoms with Crippen LogP contribution in [-0.4, -0.2) is 30.4 Å². The lowest BCUT2D eigenvalue weighted by Crippen LogP contribution is -2.55. The summed E-state index contributed by atoms with van der Waals surface area (Å²) in [6, 6.07) is 4.10. The van der Waals surface area contributed by atoms with Crippen LogP contribution in [0, 0.1) is 11.8 Å². The maximum atomic E-state index is 12.1. The molecule has 2 amide bonds. The monoisotopic (exact) mass is 321 g/mol. The van der Waals surface area contributed by atoms with Crippen LogP contribution < -0.4 is 16.4 Å². The standard InChI is InChI=1S/C16H23N3O2S/c17-12-7-10-3-1-4-11(8-12)15(10)19-14(20)9-18-16(21)13-5-2-6-22-13/h2,5-6,10-12,15H,1,3-4,7-9,17H2,(H,18,21)(H,19,20). The summed E-state index contributed by atoms with van der Waals surface area (Å²) in [4.78, 5) is 24.6. The van der Waals surface area contributed by atoms with Crippen molar-refractivity contribution < 1.29 is 9.59 Å². The third-order valence-corrected chi connectivity index (χ3v) is 5.73. The van der Waals surface area contributed by atoms with E-state index < -0.39 is 0 Å². The largest absolute Gasteiger partial charge is 0.351 e. The lowest BCUT2D eigenvalue weighted by atomic mass is 9.67. The molecule has 0 spiro atoms. The van der Waals surface area contributed by atoms with Crippen LogP contribution in [-0.2, 0) is 4.79 Å². The summed E-state index contributed by atoms with van der Waals surface area (Å²) < 4.78 is 0. The zero-order valence-electron chi connectivity index (χ0n) is 12.6. The summed E-state index contributed by atoms with van der Waals surface area (Å²) in [5.41, 5.74) is 6.10. The van der Waals surface area contributed by atoms with Crippen LogP contribution in [0.15, 0.2) is 17.5 Å². The predicted molar refractivity (Wildman–Crippen MR) is 86.6 cm³/mol. The van der Waals surface area contributed by atoms with Gasteiger partial charge in [0.2, 0.25) is 5.91 Å². The van der Waals surface area contributed by atoms with E-state index in [-0.39, 0.29) is 30.4 Å². The maximum absolute atomic E-state index is 12.1. The van der Waals surface area contributed by atoms with Gasteiger partial charge in [-0.1, -0.05) is 12.5 Å². The van der Waals surface area contributed by atoms with Gasteiger partial charge in [-0.05, 0) is 49.0 Å². The lowest BCUT2D eigenvalue weighted by Gasteiger charge is -2.45. The average molecular weight is 321 g/mol. The van der Waals surface area contributed by atoms with Gasteiger partial charge in [-0.2, -0.15) is 0 Å². The number of nitrogens with one attached hydrogen (secondary N) is 2. The zero-order valence-corrected chi connectivity index (χ0v) is 13.4. The number of hydrogen-bond donors (Lipinski definition) is 3. The molecular weight excluding hydrogens is 298 g/mol. The minimum atomic E-state index is -0.184. The summed E-state index contributed by atoms with van der Waals surface area (Å²) in [5, 5.41) is 7.67. The molecule has 2 unspecified atom stereocenters. The molecule has 4 N–H and O–H groups in total. The van der Waals surface area contributed by atoms with Crippen LogP contribution in [0.4, 0.5) is 0 Å². The Morgan fingerprint density at radius 2 is 2.00 bits per heavy atom. The molecule has 1 aromatic rings. The average Bonchev–Trinajstić information content (AvgIpc) is 3.00. The number of nitrogens with two attached hydrogens (primary N) is 1. The van der Waals surface area contributed by atoms with E-state index in [1.165, 1.54) is 17.8 Å². The lowest BCUT2D eigenvalue weighted by molar-refractivity contribution is -0.122. The summed E-state index contributed by atoms with van der Waals surface area (Å²) in [6.07, 6.45) is 5.54. The number of carbonyl (C=O) groups excluding carboxylic acids is 2. The van der Waals surface area contributed by atoms with Gasteiger partial charge in [-0.25, -0.2) is 0 Å². The Morgan fingerprint density at radius 3 is 2.64 bits per heavy atom. The molecule has 0 aromatic carbocycles. The predicted octanol–water partition coefficient (Wildman–Crippen LogP) is 1.50. The van der Waals surface area contributed by atoms with Gasteiger partial charge in [0.1, 0.15) is 0 Å². The third kappa shape index (κ3) is 3.50. The Bertz CT molecular complexity index is 518. The summed E-state index contributed by atoms with van der Waals surface area (Å²) in [7, 11) is 0. The molecule has 6 heteroatoms. The highest BCUT2D eigenvalue weighted by Gasteiger charge is 2.39. The molecule has 0 aliphatic heterocycles. The fourth-order valence-electron chi connectivity index (χ4n) is 3.92. The Labute approximate surface area is 134 Å². The van der Waals surface area contributed by atoms with E-state index in [9.17, 15) is 9.59 Å². The molecule has 3 rings (SSSR count). The molecule has 2 bridgehead atoms. The Balaban J connectivity index is 1.50. The molecule has 0 radical (unpaired) electrons. The molecule has 120 valence electrons. The summed E-state index contributed by atoms with van der Waals surface area (Å²) in [6.45, 7) is 0.0404. The number of carbonyl (C=O) groups is 2. The highest BCUT2D eigenvalue weighted by atomic mass is 32.1. The minimum absolute atomic E-state index is 0.0404. The number of amides is 2. The van der Waals surface area contributed by atoms with Gasteiger partial charge < -0.3 is 16.4 Å². The van der Waals surface area contributed by atoms with Crippen LogP contribution in [0.25, 0.3) is 0 Å². The molecule has 1 aromatic heterocycles. The van der Waals surface area contributed by atoms with Gasteiger partial charge in [-0.15, -0.1) is 11.3 Å². The van der Waals surface area contributed by atoms with Gasteiger partial charge in [0.05, 0.1) is 11.4 Å². The van der Waals surface area contributed by atoms with Crippen LogP contribution >= 0.6 is 11.3 Å². The quantitative estimate of drug-likeness (QED) is 0.786. The van der Waals surface area contributed by atoms with Crippen molar-refractivity contribution in [3.63, 3.8) is 0 Å². The van der Waals surface area contributed by atoms with E-state index in [1.807, 2.05) is 11.4 Å². The van der Waals surface area contributed by atoms with Crippen molar-refractivity contribution >= 4 is 23.2 Å². The molecule has 2 saturated carbocycles. The van der Waals surface area contributed by atoms with Crippen molar-refractivity contribution in [1.82, 2.24) is 10.6 Å². The van der Waals surface area contributed by atoms with Gasteiger partial charge >= 0.3 is 0 Å². The molecule has 2 aliphatic carbocycles. The molecule has 22 heavy (non-hydrogen) atoms. The first-order chi connectivity index (χ1) is 10.6. The topological polar surface area (TPSA) is 84.2 Å². The van der Waals surface area contributed by atoms with Crippen LogP contribution in [0.2, 0.25) is 0 Å². The molecule has 2 aliphatic rings. The van der Waals surface area contributed by atoms with Crippen molar-refractivity contribution in [2.24, 2.45) is 17.6 Å². The highest BCUT2D eigenvalue weighted by molar-refractivity contribution is 7.12. The first-order valence-corrected chi connectivity index (χ1v) is 8.88. The number of thiophene rings is 1. The van der Waals surface area contributed by atoms with Gasteiger partial charge in [0.25, 0.3) is 5.91 Å². The van der Waals surface area contributed by atoms with Gasteiger partial charge in [-0.3, -0.25) is 9.59 Å². The zero-order chi connectivity index (χ0) is 15.5. The molecule has 1 heterocycles. The van der Waals surface area contributed by atoms with E-state index in [1.54, 1.807) is 6.07 Å². The van der Waals surface area contributed by atoms with Crippen molar-refractivity contribution in [1.29, 1.82) is 0 Å². The van der Waals surface area contributed by atoms with Crippen molar-refractivity contribution in [2.45, 2.75) is 44.2 Å². The second-order valence-corrected chi connectivity index (χ2v) is 7.38. The van der Waals surface area contributed by atoms with Crippen molar-refractivity contribution in [3.8, 4) is 0 Å². The van der Waals surface area contributed by atoms with Crippen molar-refractivity contribution in [2.75, 3.05) is 6.54 Å². The second kappa shape index (κ2) is 6.79. The molecular formula is C16H23N3O2S. The fraction of sp³-hybridized carbons (Fsp3) is 0.625. The van der Waals surface area contributed by atoms with Gasteiger partial charge in [0, 0.05) is 12.1 Å². The smallest absolute Gasteiger partial charge is 0.261 e. The normalized spacial score (nSPS) is 30.6. The first kappa shape index (κ1) is 15.5. The van der Waals surface area contributed by atoms with E-state index in [2.05, 4.69) is 10.6 Å². The van der Waals surface area contributed by atoms with Crippen molar-refractivity contribution in [3.05, 3.63) is 22.4 Å². The fourth-order valence-corrected chi connectivity index (χ4v) is 4.56. The van der Waals surface area contributed by atoms with Crippen LogP contribution in [0.5, 0.6) is 0 Å². The van der Waals surface area contributed by atoms with E-state index in [0.717, 1.165) is 25.7 Å². The third-order valence-electron chi connectivity index (χ3n) is 4.86. The minimum Gasteiger partial charge on any atom is -0.351 e. The summed E-state index contributed by atoms with van der Waals surface area (Å²) >= 11 is 1.37. The number of hydrogen-bond acceptors (Lipinski definition) is 4. The Kier molecular flexibility index (Phi) is 4.78. The molecule has 0 saturated heterocycles. The van der Waals surface area contributed by atoms with E-state index in [4.69, 9.17) is 5.73 Å². The van der Waals surface area contributed by atoms with Gasteiger partial charge in [0.15, 0.2) is 0 Å². The Morgan fingerprint density at radius 1 is 1.27 bits per heavy atom. The number of rotatable bonds is 4. The maximum Gasteiger partial charge on any atom is 0.261 e. The van der Waals surface area contributed by atoms with Crippen LogP contribution in [0.1, 0.15) is 41.8 Å². The molecule has 2 atom stereocenters.